The molecule has 0 aromatic heterocycles. The number of rotatable bonds is 3. The molecular formula is C3H7NO5S. The van der Waals surface area contributed by atoms with Gasteiger partial charge in [0, 0.05) is 6.42 Å². The van der Waals surface area contributed by atoms with Crippen LogP contribution in [0.1, 0.15) is 6.42 Å². The normalized spacial score (nSPS) is 11.0. The molecule has 6 nitrogen and oxygen atoms in total. The van der Waals surface area contributed by atoms with Crippen molar-refractivity contribution >= 4 is 16.0 Å². The van der Waals surface area contributed by atoms with Crippen molar-refractivity contribution in [2.75, 3.05) is 5.75 Å². The van der Waals surface area contributed by atoms with Crippen LogP contribution < -0.4 is 5.48 Å². The third kappa shape index (κ3) is 5.48. The fourth-order valence-electron chi connectivity index (χ4n) is 0.278. The first-order valence-corrected chi connectivity index (χ1v) is 3.95. The second-order valence-corrected chi connectivity index (χ2v) is 3.14. The molecule has 0 aromatic carbocycles. The molecule has 0 aromatic rings. The Bertz CT molecular complexity index is 207. The molecule has 0 rings (SSSR count). The number of hydroxylamine groups is 1. The molecule has 60 valence electrons. The van der Waals surface area contributed by atoms with Gasteiger partial charge in [-0.25, -0.2) is 5.48 Å². The predicted octanol–water partition coefficient (Wildman–Crippen LogP) is -1.23. The van der Waals surface area contributed by atoms with Crippen LogP contribution in [0, 0.1) is 0 Å². The molecule has 0 unspecified atom stereocenters. The average Bonchev–Trinajstić information content (AvgIpc) is 1.81. The van der Waals surface area contributed by atoms with Gasteiger partial charge in [-0.3, -0.25) is 14.6 Å². The van der Waals surface area contributed by atoms with E-state index in [0.717, 1.165) is 0 Å². The van der Waals surface area contributed by atoms with Crippen LogP contribution in [-0.4, -0.2) is 29.8 Å². The van der Waals surface area contributed by atoms with E-state index in [-0.39, 0.29) is 0 Å². The zero-order valence-electron chi connectivity index (χ0n) is 4.94. The Balaban J connectivity index is 3.67. The molecule has 0 atom stereocenters. The van der Waals surface area contributed by atoms with Gasteiger partial charge in [-0.2, -0.15) is 8.42 Å². The van der Waals surface area contributed by atoms with E-state index in [9.17, 15) is 13.2 Å². The average molecular weight is 169 g/mol. The van der Waals surface area contributed by atoms with Crippen molar-refractivity contribution in [2.45, 2.75) is 6.42 Å². The zero-order chi connectivity index (χ0) is 8.20. The summed E-state index contributed by atoms with van der Waals surface area (Å²) < 4.78 is 28.0. The number of hydrogen-bond acceptors (Lipinski definition) is 4. The highest BCUT2D eigenvalue weighted by Gasteiger charge is 2.07. The van der Waals surface area contributed by atoms with E-state index in [4.69, 9.17) is 9.76 Å². The van der Waals surface area contributed by atoms with Crippen LogP contribution in [0.4, 0.5) is 0 Å². The van der Waals surface area contributed by atoms with E-state index in [1.165, 1.54) is 5.48 Å². The van der Waals surface area contributed by atoms with Crippen molar-refractivity contribution in [1.29, 1.82) is 0 Å². The zero-order valence-corrected chi connectivity index (χ0v) is 5.76. The van der Waals surface area contributed by atoms with Crippen molar-refractivity contribution in [2.24, 2.45) is 0 Å². The standard InChI is InChI=1S/C3H7NO5S/c5-3(4-6)1-2-10(7,8)9/h6H,1-2H2,(H,4,5)(H,7,8,9). The largest absolute Gasteiger partial charge is 0.289 e. The monoisotopic (exact) mass is 169 g/mol. The summed E-state index contributed by atoms with van der Waals surface area (Å²) in [5.74, 6) is -1.53. The van der Waals surface area contributed by atoms with E-state index in [0.29, 0.717) is 0 Å². The van der Waals surface area contributed by atoms with Gasteiger partial charge in [-0.15, -0.1) is 0 Å². The van der Waals surface area contributed by atoms with E-state index in [1.54, 1.807) is 0 Å². The van der Waals surface area contributed by atoms with Crippen LogP contribution in [0.2, 0.25) is 0 Å². The summed E-state index contributed by atoms with van der Waals surface area (Å²) in [7, 11) is -4.10. The van der Waals surface area contributed by atoms with E-state index >= 15 is 0 Å². The Morgan fingerprint density at radius 1 is 1.50 bits per heavy atom. The van der Waals surface area contributed by atoms with Crippen molar-refractivity contribution in [3.8, 4) is 0 Å². The summed E-state index contributed by atoms with van der Waals surface area (Å²) in [5.41, 5.74) is 1.22. The summed E-state index contributed by atoms with van der Waals surface area (Å²) in [6, 6.07) is 0. The summed E-state index contributed by atoms with van der Waals surface area (Å²) in [5, 5.41) is 7.86. The van der Waals surface area contributed by atoms with Crippen LogP contribution in [0.15, 0.2) is 0 Å². The van der Waals surface area contributed by atoms with E-state index in [2.05, 4.69) is 0 Å². The van der Waals surface area contributed by atoms with Gasteiger partial charge in [0.05, 0.1) is 5.75 Å². The minimum absolute atomic E-state index is 0.449. The number of hydrogen-bond donors (Lipinski definition) is 3. The minimum atomic E-state index is -4.10. The first-order valence-electron chi connectivity index (χ1n) is 2.34. The highest BCUT2D eigenvalue weighted by Crippen LogP contribution is 1.86. The molecule has 0 bridgehead atoms. The maximum Gasteiger partial charge on any atom is 0.265 e. The van der Waals surface area contributed by atoms with Crippen LogP contribution in [-0.2, 0) is 14.9 Å². The van der Waals surface area contributed by atoms with Gasteiger partial charge in [0.1, 0.15) is 0 Å². The number of nitrogens with one attached hydrogen (secondary N) is 1. The van der Waals surface area contributed by atoms with Crippen molar-refractivity contribution in [3.63, 3.8) is 0 Å². The molecule has 7 heteroatoms. The molecule has 0 saturated heterocycles. The van der Waals surface area contributed by atoms with Gasteiger partial charge < -0.3 is 0 Å². The molecule has 0 radical (unpaired) electrons. The number of amides is 1. The first-order chi connectivity index (χ1) is 4.45. The molecule has 0 saturated carbocycles. The third-order valence-corrected chi connectivity index (χ3v) is 1.43. The van der Waals surface area contributed by atoms with Gasteiger partial charge in [0.2, 0.25) is 5.91 Å². The summed E-state index contributed by atoms with van der Waals surface area (Å²) in [6.07, 6.45) is -0.449. The Morgan fingerprint density at radius 3 is 2.30 bits per heavy atom. The van der Waals surface area contributed by atoms with Gasteiger partial charge in [0.15, 0.2) is 0 Å². The molecule has 0 aliphatic carbocycles. The lowest BCUT2D eigenvalue weighted by molar-refractivity contribution is -0.128. The smallest absolute Gasteiger partial charge is 0.265 e. The van der Waals surface area contributed by atoms with Crippen LogP contribution in [0.5, 0.6) is 0 Å². The first kappa shape index (κ1) is 9.34. The molecular weight excluding hydrogens is 162 g/mol. The third-order valence-electron chi connectivity index (χ3n) is 0.712. The Morgan fingerprint density at radius 2 is 2.00 bits per heavy atom. The molecule has 1 amide bonds. The topological polar surface area (TPSA) is 104 Å². The maximum atomic E-state index is 10.1. The van der Waals surface area contributed by atoms with Crippen molar-refractivity contribution in [1.82, 2.24) is 5.48 Å². The van der Waals surface area contributed by atoms with Gasteiger partial charge in [0.25, 0.3) is 10.1 Å². The van der Waals surface area contributed by atoms with Crippen molar-refractivity contribution < 1.29 is 23.0 Å². The number of carbonyl (C=O) groups is 1. The Labute approximate surface area is 57.6 Å². The summed E-state index contributed by atoms with van der Waals surface area (Å²) >= 11 is 0. The second kappa shape index (κ2) is 3.49. The van der Waals surface area contributed by atoms with Crippen LogP contribution >= 0.6 is 0 Å². The lowest BCUT2D eigenvalue weighted by Gasteiger charge is -1.94. The highest BCUT2D eigenvalue weighted by molar-refractivity contribution is 7.85. The molecule has 10 heavy (non-hydrogen) atoms. The molecule has 0 spiro atoms. The quantitative estimate of drug-likeness (QED) is 0.279. The highest BCUT2D eigenvalue weighted by atomic mass is 32.2. The lowest BCUT2D eigenvalue weighted by Crippen LogP contribution is -2.21. The maximum absolute atomic E-state index is 10.1. The minimum Gasteiger partial charge on any atom is -0.289 e. The van der Waals surface area contributed by atoms with Gasteiger partial charge >= 0.3 is 0 Å². The number of carbonyl (C=O) groups excluding carboxylic acids is 1. The molecule has 3 N–H and O–H groups in total. The van der Waals surface area contributed by atoms with Crippen LogP contribution in [0.3, 0.4) is 0 Å². The molecule has 0 aliphatic rings. The second-order valence-electron chi connectivity index (χ2n) is 1.57. The van der Waals surface area contributed by atoms with Gasteiger partial charge in [-0.05, 0) is 0 Å². The molecule has 0 aliphatic heterocycles. The van der Waals surface area contributed by atoms with Crippen LogP contribution in [0.25, 0.3) is 0 Å². The molecule has 0 heterocycles. The summed E-state index contributed by atoms with van der Waals surface area (Å²) in [4.78, 5) is 10.1. The fraction of sp³-hybridized carbons (Fsp3) is 0.667. The van der Waals surface area contributed by atoms with Gasteiger partial charge in [-0.1, -0.05) is 0 Å². The molecule has 0 fully saturated rings. The lowest BCUT2D eigenvalue weighted by atomic mass is 10.5. The SMILES string of the molecule is O=C(CCS(=O)(=O)O)NO. The Kier molecular flexibility index (Phi) is 3.26. The van der Waals surface area contributed by atoms with E-state index < -0.39 is 28.2 Å². The fourth-order valence-corrected chi connectivity index (χ4v) is 0.721. The Hall–Kier alpha value is -0.660. The van der Waals surface area contributed by atoms with E-state index in [1.807, 2.05) is 0 Å². The predicted molar refractivity (Wildman–Crippen MR) is 31.0 cm³/mol. The summed E-state index contributed by atoms with van der Waals surface area (Å²) in [6.45, 7) is 0. The van der Waals surface area contributed by atoms with Crippen molar-refractivity contribution in [3.05, 3.63) is 0 Å².